The van der Waals surface area contributed by atoms with Crippen molar-refractivity contribution in [2.75, 3.05) is 13.7 Å². The molecule has 1 saturated heterocycles. The second-order valence-corrected chi connectivity index (χ2v) is 5.43. The van der Waals surface area contributed by atoms with Gasteiger partial charge in [0.25, 0.3) is 0 Å². The van der Waals surface area contributed by atoms with Crippen LogP contribution >= 0.6 is 0 Å². The van der Waals surface area contributed by atoms with Crippen LogP contribution in [-0.4, -0.2) is 19.7 Å². The van der Waals surface area contributed by atoms with Gasteiger partial charge in [-0.1, -0.05) is 12.5 Å². The van der Waals surface area contributed by atoms with Gasteiger partial charge in [0.15, 0.2) is 0 Å². The fourth-order valence-electron chi connectivity index (χ4n) is 2.84. The van der Waals surface area contributed by atoms with Crippen molar-refractivity contribution in [3.63, 3.8) is 0 Å². The molecule has 0 saturated carbocycles. The van der Waals surface area contributed by atoms with Gasteiger partial charge in [0.2, 0.25) is 0 Å². The highest BCUT2D eigenvalue weighted by molar-refractivity contribution is 5.41. The van der Waals surface area contributed by atoms with Crippen molar-refractivity contribution in [1.82, 2.24) is 5.32 Å². The van der Waals surface area contributed by atoms with Gasteiger partial charge in [-0.25, -0.2) is 0 Å². The van der Waals surface area contributed by atoms with Crippen molar-refractivity contribution in [3.8, 4) is 5.75 Å². The van der Waals surface area contributed by atoms with Crippen molar-refractivity contribution in [3.05, 3.63) is 28.8 Å². The fraction of sp³-hybridized carbons (Fsp3) is 0.625. The average Bonchev–Trinajstić information content (AvgIpc) is 2.40. The van der Waals surface area contributed by atoms with E-state index in [-0.39, 0.29) is 0 Å². The molecular weight excluding hydrogens is 222 g/mol. The number of rotatable bonds is 4. The number of piperidine rings is 1. The zero-order valence-corrected chi connectivity index (χ0v) is 11.9. The molecule has 0 aromatic heterocycles. The minimum Gasteiger partial charge on any atom is -0.496 e. The van der Waals surface area contributed by atoms with Crippen molar-refractivity contribution < 1.29 is 4.74 Å². The number of benzene rings is 1. The molecule has 1 unspecified atom stereocenters. The number of hydrogen-bond donors (Lipinski definition) is 1. The Bertz CT molecular complexity index is 394. The summed E-state index contributed by atoms with van der Waals surface area (Å²) < 4.78 is 5.36. The SMILES string of the molecule is COc1cc(C)c(CCC2CCCCN2)cc1C. The highest BCUT2D eigenvalue weighted by Gasteiger charge is 2.13. The van der Waals surface area contributed by atoms with Crippen LogP contribution in [0.2, 0.25) is 0 Å². The van der Waals surface area contributed by atoms with Crippen LogP contribution in [-0.2, 0) is 6.42 Å². The third kappa shape index (κ3) is 3.26. The Hall–Kier alpha value is -1.02. The summed E-state index contributed by atoms with van der Waals surface area (Å²) in [5.74, 6) is 1.01. The van der Waals surface area contributed by atoms with Gasteiger partial charge < -0.3 is 10.1 Å². The highest BCUT2D eigenvalue weighted by Crippen LogP contribution is 2.24. The summed E-state index contributed by atoms with van der Waals surface area (Å²) in [5, 5.41) is 3.62. The molecule has 0 spiro atoms. The molecule has 1 N–H and O–H groups in total. The van der Waals surface area contributed by atoms with Crippen molar-refractivity contribution in [1.29, 1.82) is 0 Å². The van der Waals surface area contributed by atoms with Gasteiger partial charge in [-0.15, -0.1) is 0 Å². The molecule has 0 radical (unpaired) electrons. The third-order valence-electron chi connectivity index (χ3n) is 4.03. The second-order valence-electron chi connectivity index (χ2n) is 5.43. The lowest BCUT2D eigenvalue weighted by atomic mass is 9.95. The first-order valence-electron chi connectivity index (χ1n) is 7.08. The molecule has 2 heteroatoms. The predicted molar refractivity (Wildman–Crippen MR) is 76.4 cm³/mol. The van der Waals surface area contributed by atoms with Crippen LogP contribution in [0.1, 0.15) is 42.4 Å². The lowest BCUT2D eigenvalue weighted by molar-refractivity contribution is 0.382. The van der Waals surface area contributed by atoms with E-state index in [1.54, 1.807) is 7.11 Å². The second kappa shape index (κ2) is 6.24. The Balaban J connectivity index is 1.98. The summed E-state index contributed by atoms with van der Waals surface area (Å²) in [4.78, 5) is 0. The van der Waals surface area contributed by atoms with Crippen molar-refractivity contribution in [2.45, 2.75) is 52.0 Å². The molecule has 1 aliphatic rings. The van der Waals surface area contributed by atoms with Gasteiger partial charge in [-0.2, -0.15) is 0 Å². The highest BCUT2D eigenvalue weighted by atomic mass is 16.5. The molecule has 0 amide bonds. The molecule has 1 fully saturated rings. The molecule has 1 atom stereocenters. The van der Waals surface area contributed by atoms with Gasteiger partial charge >= 0.3 is 0 Å². The Kier molecular flexibility index (Phi) is 4.65. The molecule has 18 heavy (non-hydrogen) atoms. The van der Waals surface area contributed by atoms with E-state index >= 15 is 0 Å². The molecule has 2 nitrogen and oxygen atoms in total. The molecule has 100 valence electrons. The average molecular weight is 247 g/mol. The van der Waals surface area contributed by atoms with E-state index in [1.165, 1.54) is 55.3 Å². The standard InChI is InChI=1S/C16H25NO/c1-12-11-16(18-3)13(2)10-14(12)7-8-15-6-4-5-9-17-15/h10-11,15,17H,4-9H2,1-3H3. The van der Waals surface area contributed by atoms with Crippen LogP contribution in [0.15, 0.2) is 12.1 Å². The summed E-state index contributed by atoms with van der Waals surface area (Å²) in [5.41, 5.74) is 4.07. The zero-order chi connectivity index (χ0) is 13.0. The van der Waals surface area contributed by atoms with Crippen LogP contribution in [0, 0.1) is 13.8 Å². The number of methoxy groups -OCH3 is 1. The Labute approximate surface area is 111 Å². The van der Waals surface area contributed by atoms with Crippen LogP contribution in [0.3, 0.4) is 0 Å². The Morgan fingerprint density at radius 2 is 2.06 bits per heavy atom. The number of hydrogen-bond acceptors (Lipinski definition) is 2. The van der Waals surface area contributed by atoms with Gasteiger partial charge in [0.05, 0.1) is 7.11 Å². The van der Waals surface area contributed by atoms with E-state index in [0.717, 1.165) is 11.8 Å². The minimum atomic E-state index is 0.723. The maximum Gasteiger partial charge on any atom is 0.122 e. The number of ether oxygens (including phenoxy) is 1. The smallest absolute Gasteiger partial charge is 0.122 e. The zero-order valence-electron chi connectivity index (χ0n) is 11.9. The van der Waals surface area contributed by atoms with Gasteiger partial charge in [0.1, 0.15) is 5.75 Å². The molecule has 1 aromatic carbocycles. The molecule has 0 bridgehead atoms. The Morgan fingerprint density at radius 3 is 2.72 bits per heavy atom. The minimum absolute atomic E-state index is 0.723. The van der Waals surface area contributed by atoms with Gasteiger partial charge in [0, 0.05) is 6.04 Å². The summed E-state index contributed by atoms with van der Waals surface area (Å²) in [6, 6.07) is 5.18. The third-order valence-corrected chi connectivity index (χ3v) is 4.03. The molecule has 1 aromatic rings. The predicted octanol–water partition coefficient (Wildman–Crippen LogP) is 3.39. The van der Waals surface area contributed by atoms with Crippen molar-refractivity contribution in [2.24, 2.45) is 0 Å². The van der Waals surface area contributed by atoms with E-state index in [1.807, 2.05) is 0 Å². The van der Waals surface area contributed by atoms with Crippen LogP contribution in [0.5, 0.6) is 5.75 Å². The van der Waals surface area contributed by atoms with Crippen molar-refractivity contribution >= 4 is 0 Å². The fourth-order valence-corrected chi connectivity index (χ4v) is 2.84. The van der Waals surface area contributed by atoms with Gasteiger partial charge in [-0.05, 0) is 68.8 Å². The first-order valence-corrected chi connectivity index (χ1v) is 7.08. The first-order chi connectivity index (χ1) is 8.70. The molecule has 0 aliphatic carbocycles. The number of nitrogens with one attached hydrogen (secondary N) is 1. The molecule has 1 heterocycles. The summed E-state index contributed by atoms with van der Waals surface area (Å²) in [6.45, 7) is 5.51. The maximum atomic E-state index is 5.36. The van der Waals surface area contributed by atoms with Gasteiger partial charge in [-0.3, -0.25) is 0 Å². The van der Waals surface area contributed by atoms with E-state index < -0.39 is 0 Å². The lowest BCUT2D eigenvalue weighted by Crippen LogP contribution is -2.34. The monoisotopic (exact) mass is 247 g/mol. The molecule has 1 aliphatic heterocycles. The summed E-state index contributed by atoms with van der Waals surface area (Å²) in [6.07, 6.45) is 6.50. The summed E-state index contributed by atoms with van der Waals surface area (Å²) >= 11 is 0. The Morgan fingerprint density at radius 1 is 1.22 bits per heavy atom. The maximum absolute atomic E-state index is 5.36. The molecule has 2 rings (SSSR count). The van der Waals surface area contributed by atoms with Crippen LogP contribution in [0.25, 0.3) is 0 Å². The normalized spacial score (nSPS) is 19.8. The number of aryl methyl sites for hydroxylation is 3. The van der Waals surface area contributed by atoms with E-state index in [0.29, 0.717) is 0 Å². The van der Waals surface area contributed by atoms with Crippen LogP contribution < -0.4 is 10.1 Å². The van der Waals surface area contributed by atoms with Crippen LogP contribution in [0.4, 0.5) is 0 Å². The topological polar surface area (TPSA) is 21.3 Å². The largest absolute Gasteiger partial charge is 0.496 e. The summed E-state index contributed by atoms with van der Waals surface area (Å²) in [7, 11) is 1.74. The lowest BCUT2D eigenvalue weighted by Gasteiger charge is -2.23. The van der Waals surface area contributed by atoms with E-state index in [2.05, 4.69) is 31.3 Å². The quantitative estimate of drug-likeness (QED) is 0.880. The van der Waals surface area contributed by atoms with E-state index in [4.69, 9.17) is 4.74 Å². The van der Waals surface area contributed by atoms with E-state index in [9.17, 15) is 0 Å². The first kappa shape index (κ1) is 13.4. The molecular formula is C16H25NO.